The van der Waals surface area contributed by atoms with Gasteiger partial charge in [0.2, 0.25) is 5.91 Å². The number of piperazine rings is 1. The summed E-state index contributed by atoms with van der Waals surface area (Å²) in [4.78, 5) is 45.5. The fourth-order valence-electron chi connectivity index (χ4n) is 5.89. The van der Waals surface area contributed by atoms with Crippen molar-refractivity contribution in [2.45, 2.75) is 13.0 Å². The number of rotatable bonds is 7. The third-order valence-electron chi connectivity index (χ3n) is 7.98. The third-order valence-corrected chi connectivity index (χ3v) is 7.98. The number of amides is 3. The van der Waals surface area contributed by atoms with Crippen molar-refractivity contribution >= 4 is 34.2 Å². The molecule has 0 spiro atoms. The number of para-hydroxylation sites is 1. The summed E-state index contributed by atoms with van der Waals surface area (Å²) in [6.45, 7) is 2.30. The third kappa shape index (κ3) is 4.75. The Hall–Kier alpha value is -4.85. The van der Waals surface area contributed by atoms with Gasteiger partial charge in [-0.3, -0.25) is 19.3 Å². The van der Waals surface area contributed by atoms with Crippen LogP contribution >= 0.6 is 0 Å². The van der Waals surface area contributed by atoms with Crippen LogP contribution in [0.5, 0.6) is 11.5 Å². The Balaban J connectivity index is 1.17. The predicted molar refractivity (Wildman–Crippen MR) is 157 cm³/mol. The molecule has 0 aromatic heterocycles. The summed E-state index contributed by atoms with van der Waals surface area (Å²) in [6, 6.07) is 25.0. The highest BCUT2D eigenvalue weighted by molar-refractivity contribution is 6.23. The quantitative estimate of drug-likeness (QED) is 0.315. The molecule has 0 atom stereocenters. The van der Waals surface area contributed by atoms with Gasteiger partial charge in [-0.05, 0) is 34.5 Å². The van der Waals surface area contributed by atoms with Crippen LogP contribution in [0.4, 0.5) is 5.69 Å². The predicted octanol–water partition coefficient (Wildman–Crippen LogP) is 4.54. The van der Waals surface area contributed by atoms with E-state index in [-0.39, 0.29) is 24.3 Å². The SMILES string of the molecule is COc1cccc(CN2C(=O)c3cccc(N4CCN(C(=O)Cc5cccc6ccccc56)CC4)c3C2=O)c1OC. The van der Waals surface area contributed by atoms with Crippen molar-refractivity contribution in [1.82, 2.24) is 9.80 Å². The van der Waals surface area contributed by atoms with Crippen LogP contribution in [0.25, 0.3) is 10.8 Å². The van der Waals surface area contributed by atoms with Crippen LogP contribution in [-0.2, 0) is 17.8 Å². The van der Waals surface area contributed by atoms with Gasteiger partial charge < -0.3 is 19.3 Å². The number of nitrogens with zero attached hydrogens (tertiary/aromatic N) is 3. The molecule has 8 heteroatoms. The molecule has 2 heterocycles. The van der Waals surface area contributed by atoms with E-state index in [1.54, 1.807) is 25.3 Å². The Morgan fingerprint density at radius 2 is 1.46 bits per heavy atom. The molecule has 0 radical (unpaired) electrons. The van der Waals surface area contributed by atoms with Gasteiger partial charge in [0.15, 0.2) is 11.5 Å². The van der Waals surface area contributed by atoms with Crippen LogP contribution in [-0.4, -0.2) is 67.9 Å². The van der Waals surface area contributed by atoms with Crippen LogP contribution in [0.2, 0.25) is 0 Å². The van der Waals surface area contributed by atoms with E-state index in [1.165, 1.54) is 12.0 Å². The Labute approximate surface area is 238 Å². The number of imide groups is 1. The topological polar surface area (TPSA) is 79.4 Å². The van der Waals surface area contributed by atoms with Crippen LogP contribution in [0.1, 0.15) is 31.8 Å². The molecule has 0 bridgehead atoms. The van der Waals surface area contributed by atoms with Gasteiger partial charge >= 0.3 is 0 Å². The lowest BCUT2D eigenvalue weighted by molar-refractivity contribution is -0.130. The standard InChI is InChI=1S/C33H31N3O5/c1-40-28-15-6-11-24(31(28)41-2)21-36-32(38)26-13-7-14-27(30(26)33(36)39)34-16-18-35(19-17-34)29(37)20-23-10-5-9-22-8-3-4-12-25(22)23/h3-15H,16-21H2,1-2H3. The van der Waals surface area contributed by atoms with E-state index < -0.39 is 0 Å². The lowest BCUT2D eigenvalue weighted by Crippen LogP contribution is -2.49. The fraction of sp³-hybridized carbons (Fsp3) is 0.242. The summed E-state index contributed by atoms with van der Waals surface area (Å²) in [5, 5.41) is 2.22. The highest BCUT2D eigenvalue weighted by atomic mass is 16.5. The maximum absolute atomic E-state index is 13.7. The van der Waals surface area contributed by atoms with E-state index in [4.69, 9.17) is 9.47 Å². The smallest absolute Gasteiger partial charge is 0.263 e. The molecule has 0 saturated carbocycles. The highest BCUT2D eigenvalue weighted by Crippen LogP contribution is 2.36. The number of fused-ring (bicyclic) bond motifs is 2. The van der Waals surface area contributed by atoms with Gasteiger partial charge in [0.25, 0.3) is 11.8 Å². The molecule has 1 fully saturated rings. The van der Waals surface area contributed by atoms with E-state index in [1.807, 2.05) is 47.4 Å². The molecule has 2 aliphatic rings. The molecule has 2 aliphatic heterocycles. The Bertz CT molecular complexity index is 1650. The second kappa shape index (κ2) is 11.0. The maximum atomic E-state index is 13.7. The summed E-state index contributed by atoms with van der Waals surface area (Å²) < 4.78 is 10.9. The number of benzene rings is 4. The molecule has 4 aromatic carbocycles. The van der Waals surface area contributed by atoms with Crippen molar-refractivity contribution in [3.05, 3.63) is 101 Å². The molecular formula is C33H31N3O5. The average Bonchev–Trinajstić information content (AvgIpc) is 3.26. The molecule has 3 amide bonds. The van der Waals surface area contributed by atoms with Crippen molar-refractivity contribution < 1.29 is 23.9 Å². The summed E-state index contributed by atoms with van der Waals surface area (Å²) in [5.74, 6) is 0.454. The van der Waals surface area contributed by atoms with Gasteiger partial charge in [0.1, 0.15) is 0 Å². The molecule has 0 N–H and O–H groups in total. The summed E-state index contributed by atoms with van der Waals surface area (Å²) in [7, 11) is 3.08. The monoisotopic (exact) mass is 549 g/mol. The molecule has 208 valence electrons. The van der Waals surface area contributed by atoms with E-state index in [9.17, 15) is 14.4 Å². The van der Waals surface area contributed by atoms with E-state index in [2.05, 4.69) is 23.1 Å². The lowest BCUT2D eigenvalue weighted by atomic mass is 10.0. The molecule has 8 nitrogen and oxygen atoms in total. The Morgan fingerprint density at radius 3 is 2.24 bits per heavy atom. The van der Waals surface area contributed by atoms with E-state index >= 15 is 0 Å². The van der Waals surface area contributed by atoms with Crippen molar-refractivity contribution in [2.24, 2.45) is 0 Å². The molecule has 1 saturated heterocycles. The van der Waals surface area contributed by atoms with Crippen molar-refractivity contribution in [1.29, 1.82) is 0 Å². The largest absolute Gasteiger partial charge is 0.493 e. The number of methoxy groups -OCH3 is 2. The maximum Gasteiger partial charge on any atom is 0.263 e. The molecule has 41 heavy (non-hydrogen) atoms. The average molecular weight is 550 g/mol. The van der Waals surface area contributed by atoms with Gasteiger partial charge in [-0.1, -0.05) is 60.7 Å². The number of carbonyl (C=O) groups is 3. The number of ether oxygens (including phenoxy) is 2. The Kier molecular flexibility index (Phi) is 7.05. The van der Waals surface area contributed by atoms with Gasteiger partial charge in [-0.15, -0.1) is 0 Å². The normalized spacial score (nSPS) is 14.9. The molecule has 0 unspecified atom stereocenters. The number of hydrogen-bond donors (Lipinski definition) is 0. The van der Waals surface area contributed by atoms with Crippen LogP contribution in [0, 0.1) is 0 Å². The first-order chi connectivity index (χ1) is 20.0. The second-order valence-electron chi connectivity index (χ2n) is 10.2. The van der Waals surface area contributed by atoms with Crippen molar-refractivity contribution in [2.75, 3.05) is 45.3 Å². The summed E-state index contributed by atoms with van der Waals surface area (Å²) in [6.07, 6.45) is 0.345. The zero-order valence-electron chi connectivity index (χ0n) is 23.1. The van der Waals surface area contributed by atoms with E-state index in [0.29, 0.717) is 60.8 Å². The number of carbonyl (C=O) groups excluding carboxylic acids is 3. The number of hydrogen-bond acceptors (Lipinski definition) is 6. The Morgan fingerprint density at radius 1 is 0.756 bits per heavy atom. The first kappa shape index (κ1) is 26.4. The molecule has 6 rings (SSSR count). The summed E-state index contributed by atoms with van der Waals surface area (Å²) in [5.41, 5.74) is 3.23. The first-order valence-corrected chi connectivity index (χ1v) is 13.7. The molecule has 0 aliphatic carbocycles. The van der Waals surface area contributed by atoms with Gasteiger partial charge in [0.05, 0.1) is 44.0 Å². The van der Waals surface area contributed by atoms with Crippen LogP contribution < -0.4 is 14.4 Å². The first-order valence-electron chi connectivity index (χ1n) is 13.7. The zero-order chi connectivity index (χ0) is 28.5. The van der Waals surface area contributed by atoms with Crippen LogP contribution in [0.15, 0.2) is 78.9 Å². The number of anilines is 1. The fourth-order valence-corrected chi connectivity index (χ4v) is 5.89. The highest BCUT2D eigenvalue weighted by Gasteiger charge is 2.39. The molecular weight excluding hydrogens is 518 g/mol. The minimum absolute atomic E-state index is 0.0720. The van der Waals surface area contributed by atoms with Gasteiger partial charge in [0, 0.05) is 31.7 Å². The van der Waals surface area contributed by atoms with Gasteiger partial charge in [-0.2, -0.15) is 0 Å². The minimum Gasteiger partial charge on any atom is -0.493 e. The van der Waals surface area contributed by atoms with Crippen molar-refractivity contribution in [3.8, 4) is 11.5 Å². The van der Waals surface area contributed by atoms with Gasteiger partial charge in [-0.25, -0.2) is 0 Å². The lowest BCUT2D eigenvalue weighted by Gasteiger charge is -2.37. The minimum atomic E-state index is -0.333. The van der Waals surface area contributed by atoms with Crippen molar-refractivity contribution in [3.63, 3.8) is 0 Å². The van der Waals surface area contributed by atoms with E-state index in [0.717, 1.165) is 22.0 Å². The van der Waals surface area contributed by atoms with Crippen LogP contribution in [0.3, 0.4) is 0 Å². The second-order valence-corrected chi connectivity index (χ2v) is 10.2. The zero-order valence-corrected chi connectivity index (χ0v) is 23.1. The molecule has 4 aromatic rings. The summed E-state index contributed by atoms with van der Waals surface area (Å²) >= 11 is 0.